The Kier molecular flexibility index (Phi) is 7.27. The van der Waals surface area contributed by atoms with Crippen molar-refractivity contribution in [3.63, 3.8) is 0 Å². The molecule has 1 N–H and O–H groups in total. The number of nitriles is 1. The van der Waals surface area contributed by atoms with Crippen molar-refractivity contribution in [3.8, 4) is 6.07 Å². The summed E-state index contributed by atoms with van der Waals surface area (Å²) >= 11 is 0. The normalized spacial score (nSPS) is 39.9. The SMILES string of the molecule is CCOC[C@H]1CC[C@H]2[C@H](CC[C@@H]3[C@@H]2CC[C@]2(C)[C@@H]([C@@H](CC)Nc4cccc(C#N)c4)CC[C@@H]32)C1. The van der Waals surface area contributed by atoms with Crippen LogP contribution in [0.4, 0.5) is 5.69 Å². The Balaban J connectivity index is 1.27. The van der Waals surface area contributed by atoms with E-state index in [9.17, 15) is 5.26 Å². The molecule has 4 fully saturated rings. The van der Waals surface area contributed by atoms with E-state index in [4.69, 9.17) is 4.74 Å². The zero-order chi connectivity index (χ0) is 23.7. The highest BCUT2D eigenvalue weighted by atomic mass is 16.5. The van der Waals surface area contributed by atoms with Gasteiger partial charge in [0, 0.05) is 24.9 Å². The van der Waals surface area contributed by atoms with Crippen LogP contribution in [0.15, 0.2) is 24.3 Å². The van der Waals surface area contributed by atoms with Gasteiger partial charge in [-0.2, -0.15) is 5.26 Å². The molecule has 34 heavy (non-hydrogen) atoms. The molecule has 0 heterocycles. The first-order valence-corrected chi connectivity index (χ1v) is 14.4. The Morgan fingerprint density at radius 1 is 1.06 bits per heavy atom. The number of anilines is 1. The van der Waals surface area contributed by atoms with Gasteiger partial charge in [0.05, 0.1) is 11.6 Å². The fraction of sp³-hybridized carbons (Fsp3) is 0.774. The van der Waals surface area contributed by atoms with Crippen LogP contribution < -0.4 is 5.32 Å². The van der Waals surface area contributed by atoms with Gasteiger partial charge in [-0.3, -0.25) is 0 Å². The Labute approximate surface area is 208 Å². The molecule has 4 aliphatic rings. The molecule has 0 amide bonds. The fourth-order valence-electron chi connectivity index (χ4n) is 9.47. The van der Waals surface area contributed by atoms with Gasteiger partial charge < -0.3 is 10.1 Å². The smallest absolute Gasteiger partial charge is 0.0992 e. The van der Waals surface area contributed by atoms with Gasteiger partial charge in [-0.1, -0.05) is 19.9 Å². The van der Waals surface area contributed by atoms with Crippen LogP contribution in [0.1, 0.15) is 90.5 Å². The zero-order valence-corrected chi connectivity index (χ0v) is 21.8. The molecule has 0 aromatic heterocycles. The lowest BCUT2D eigenvalue weighted by atomic mass is 9.49. The van der Waals surface area contributed by atoms with Gasteiger partial charge in [0.25, 0.3) is 0 Å². The van der Waals surface area contributed by atoms with Gasteiger partial charge >= 0.3 is 0 Å². The molecule has 3 nitrogen and oxygen atoms in total. The molecule has 0 saturated heterocycles. The third-order valence-electron chi connectivity index (χ3n) is 11.0. The minimum atomic E-state index is 0.473. The molecule has 0 aliphatic heterocycles. The number of nitrogens with one attached hydrogen (secondary N) is 1. The maximum absolute atomic E-state index is 9.32. The molecular weight excluding hydrogens is 416 g/mol. The van der Waals surface area contributed by atoms with Crippen LogP contribution in [-0.2, 0) is 4.74 Å². The number of ether oxygens (including phenoxy) is 1. The molecular formula is C31H46N2O. The Morgan fingerprint density at radius 2 is 1.91 bits per heavy atom. The van der Waals surface area contributed by atoms with E-state index < -0.39 is 0 Å². The third-order valence-corrected chi connectivity index (χ3v) is 11.0. The van der Waals surface area contributed by atoms with Gasteiger partial charge in [0.15, 0.2) is 0 Å². The average molecular weight is 463 g/mol. The Bertz CT molecular complexity index is 876. The van der Waals surface area contributed by atoms with Crippen molar-refractivity contribution in [2.24, 2.45) is 46.8 Å². The van der Waals surface area contributed by atoms with Crippen LogP contribution in [0.3, 0.4) is 0 Å². The van der Waals surface area contributed by atoms with Gasteiger partial charge in [-0.05, 0) is 136 Å². The molecule has 5 rings (SSSR count). The number of nitrogens with zero attached hydrogens (tertiary/aromatic N) is 1. The molecule has 0 bridgehead atoms. The molecule has 4 aliphatic carbocycles. The minimum Gasteiger partial charge on any atom is -0.382 e. The number of hydrogen-bond donors (Lipinski definition) is 1. The summed E-state index contributed by atoms with van der Waals surface area (Å²) in [6.45, 7) is 9.01. The highest BCUT2D eigenvalue weighted by Crippen LogP contribution is 2.65. The third kappa shape index (κ3) is 4.41. The van der Waals surface area contributed by atoms with E-state index >= 15 is 0 Å². The maximum Gasteiger partial charge on any atom is 0.0992 e. The Hall–Kier alpha value is -1.53. The van der Waals surface area contributed by atoms with Crippen molar-refractivity contribution in [1.82, 2.24) is 0 Å². The molecule has 9 atom stereocenters. The van der Waals surface area contributed by atoms with E-state index in [1.165, 1.54) is 57.8 Å². The second kappa shape index (κ2) is 10.2. The van der Waals surface area contributed by atoms with Crippen molar-refractivity contribution < 1.29 is 4.74 Å². The highest BCUT2D eigenvalue weighted by Gasteiger charge is 2.58. The summed E-state index contributed by atoms with van der Waals surface area (Å²) in [5.41, 5.74) is 2.35. The van der Waals surface area contributed by atoms with Crippen LogP contribution in [-0.4, -0.2) is 19.3 Å². The van der Waals surface area contributed by atoms with Crippen molar-refractivity contribution in [1.29, 1.82) is 5.26 Å². The van der Waals surface area contributed by atoms with Gasteiger partial charge in [0.1, 0.15) is 0 Å². The van der Waals surface area contributed by atoms with Crippen LogP contribution >= 0.6 is 0 Å². The summed E-state index contributed by atoms with van der Waals surface area (Å²) in [6, 6.07) is 10.9. The summed E-state index contributed by atoms with van der Waals surface area (Å²) in [5, 5.41) is 13.2. The first-order chi connectivity index (χ1) is 16.6. The van der Waals surface area contributed by atoms with Gasteiger partial charge in [-0.15, -0.1) is 0 Å². The summed E-state index contributed by atoms with van der Waals surface area (Å²) in [4.78, 5) is 0. The lowest BCUT2D eigenvalue weighted by Gasteiger charge is -2.57. The first-order valence-electron chi connectivity index (χ1n) is 14.4. The monoisotopic (exact) mass is 462 g/mol. The van der Waals surface area contributed by atoms with E-state index in [1.807, 2.05) is 18.2 Å². The number of fused-ring (bicyclic) bond motifs is 5. The lowest BCUT2D eigenvalue weighted by Crippen LogP contribution is -2.50. The fourth-order valence-corrected chi connectivity index (χ4v) is 9.47. The van der Waals surface area contributed by atoms with E-state index in [0.29, 0.717) is 11.5 Å². The zero-order valence-electron chi connectivity index (χ0n) is 21.8. The van der Waals surface area contributed by atoms with Crippen molar-refractivity contribution in [2.75, 3.05) is 18.5 Å². The highest BCUT2D eigenvalue weighted by molar-refractivity contribution is 5.50. The van der Waals surface area contributed by atoms with Gasteiger partial charge in [0.2, 0.25) is 0 Å². The molecule has 1 aromatic carbocycles. The summed E-state index contributed by atoms with van der Waals surface area (Å²) in [7, 11) is 0. The van der Waals surface area contributed by atoms with Gasteiger partial charge in [-0.25, -0.2) is 0 Å². The van der Waals surface area contributed by atoms with E-state index in [-0.39, 0.29) is 0 Å². The number of hydrogen-bond acceptors (Lipinski definition) is 3. The molecule has 0 spiro atoms. The molecule has 186 valence electrons. The first kappa shape index (κ1) is 24.2. The standard InChI is InChI=1S/C31H46N2O/c1-4-30(33-24-8-6-7-21(18-24)19-32)29-14-13-28-27-12-10-23-17-22(20-34-5-2)9-11-25(23)26(27)15-16-31(28,29)3/h6-8,18,22-23,25-30,33H,4-5,9-17,20H2,1-3H3/t22-,23+,25-,26+,27+,28-,29+,30+,31-/m0/s1. The Morgan fingerprint density at radius 3 is 2.71 bits per heavy atom. The number of benzene rings is 1. The quantitative estimate of drug-likeness (QED) is 0.452. The summed E-state index contributed by atoms with van der Waals surface area (Å²) < 4.78 is 5.81. The van der Waals surface area contributed by atoms with E-state index in [0.717, 1.165) is 72.3 Å². The van der Waals surface area contributed by atoms with Crippen LogP contribution in [0, 0.1) is 58.2 Å². The average Bonchev–Trinajstić information content (AvgIpc) is 3.22. The van der Waals surface area contributed by atoms with Crippen LogP contribution in [0.2, 0.25) is 0 Å². The largest absolute Gasteiger partial charge is 0.382 e. The second-order valence-electron chi connectivity index (χ2n) is 12.4. The van der Waals surface area contributed by atoms with E-state index in [1.54, 1.807) is 0 Å². The van der Waals surface area contributed by atoms with Crippen molar-refractivity contribution in [3.05, 3.63) is 29.8 Å². The molecule has 0 radical (unpaired) electrons. The predicted octanol–water partition coefficient (Wildman–Crippen LogP) is 7.67. The molecule has 3 heteroatoms. The molecule has 1 aromatic rings. The molecule has 0 unspecified atom stereocenters. The topological polar surface area (TPSA) is 45.0 Å². The lowest BCUT2D eigenvalue weighted by molar-refractivity contribution is -0.0743. The predicted molar refractivity (Wildman–Crippen MR) is 139 cm³/mol. The van der Waals surface area contributed by atoms with E-state index in [2.05, 4.69) is 38.2 Å². The van der Waals surface area contributed by atoms with Crippen LogP contribution in [0.5, 0.6) is 0 Å². The van der Waals surface area contributed by atoms with Crippen molar-refractivity contribution >= 4 is 5.69 Å². The summed E-state index contributed by atoms with van der Waals surface area (Å²) in [6.07, 6.45) is 14.1. The van der Waals surface area contributed by atoms with Crippen LogP contribution in [0.25, 0.3) is 0 Å². The van der Waals surface area contributed by atoms with Crippen molar-refractivity contribution in [2.45, 2.75) is 91.0 Å². The number of rotatable bonds is 7. The summed E-state index contributed by atoms with van der Waals surface area (Å²) in [5.74, 6) is 6.40. The maximum atomic E-state index is 9.32. The molecule has 4 saturated carbocycles. The second-order valence-corrected chi connectivity index (χ2v) is 12.4. The minimum absolute atomic E-state index is 0.473.